The first kappa shape index (κ1) is 12.3. The van der Waals surface area contributed by atoms with Gasteiger partial charge in [0, 0.05) is 18.3 Å². The Morgan fingerprint density at radius 2 is 2.06 bits per heavy atom. The van der Waals surface area contributed by atoms with E-state index in [-0.39, 0.29) is 6.42 Å². The minimum atomic E-state index is -3.14. The molecule has 0 aromatic rings. The number of halogens is 2. The summed E-state index contributed by atoms with van der Waals surface area (Å²) in [4.78, 5) is 22.9. The molecule has 1 aliphatic heterocycles. The Labute approximate surface area is 96.9 Å². The summed E-state index contributed by atoms with van der Waals surface area (Å²) >= 11 is 0. The van der Waals surface area contributed by atoms with E-state index in [2.05, 4.69) is 0 Å². The fraction of sp³-hybridized carbons (Fsp3) is 0.818. The number of carboxylic acids is 1. The second-order valence-electron chi connectivity index (χ2n) is 5.07. The Morgan fingerprint density at radius 3 is 2.59 bits per heavy atom. The molecular formula is C11H14F2O4. The molecule has 0 radical (unpaired) electrons. The molecule has 0 aromatic heterocycles. The van der Waals surface area contributed by atoms with Crippen molar-refractivity contribution in [2.24, 2.45) is 17.3 Å². The number of ether oxygens (including phenoxy) is 1. The van der Waals surface area contributed by atoms with Crippen molar-refractivity contribution in [2.45, 2.75) is 38.7 Å². The zero-order chi connectivity index (χ0) is 13.0. The summed E-state index contributed by atoms with van der Waals surface area (Å²) in [6.07, 6.45) is -1.58. The molecule has 1 N–H and O–H groups in total. The largest absolute Gasteiger partial charge is 0.480 e. The molecule has 4 nitrogen and oxygen atoms in total. The molecular weight excluding hydrogens is 234 g/mol. The molecule has 0 aromatic carbocycles. The molecule has 4 unspecified atom stereocenters. The molecule has 1 aliphatic carbocycles. The molecule has 4 atom stereocenters. The third-order valence-corrected chi connectivity index (χ3v) is 4.08. The fourth-order valence-electron chi connectivity index (χ4n) is 2.93. The first-order valence-corrected chi connectivity index (χ1v) is 5.54. The van der Waals surface area contributed by atoms with Crippen molar-refractivity contribution < 1.29 is 28.2 Å². The zero-order valence-electron chi connectivity index (χ0n) is 9.57. The number of cyclic esters (lactones) is 1. The van der Waals surface area contributed by atoms with Crippen LogP contribution in [0, 0.1) is 17.3 Å². The van der Waals surface area contributed by atoms with Gasteiger partial charge in [0.2, 0.25) is 0 Å². The van der Waals surface area contributed by atoms with E-state index in [1.165, 1.54) is 6.92 Å². The van der Waals surface area contributed by atoms with E-state index in [1.807, 2.05) is 0 Å². The van der Waals surface area contributed by atoms with Crippen LogP contribution in [0.2, 0.25) is 0 Å². The van der Waals surface area contributed by atoms with Gasteiger partial charge in [-0.3, -0.25) is 9.59 Å². The van der Waals surface area contributed by atoms with E-state index in [1.54, 1.807) is 6.92 Å². The van der Waals surface area contributed by atoms with E-state index in [0.29, 0.717) is 0 Å². The third-order valence-electron chi connectivity index (χ3n) is 4.08. The Morgan fingerprint density at radius 1 is 1.47 bits per heavy atom. The Kier molecular flexibility index (Phi) is 2.45. The monoisotopic (exact) mass is 248 g/mol. The highest BCUT2D eigenvalue weighted by Gasteiger charge is 2.69. The summed E-state index contributed by atoms with van der Waals surface area (Å²) in [6.45, 7) is 2.94. The minimum Gasteiger partial charge on any atom is -0.480 e. The zero-order valence-corrected chi connectivity index (χ0v) is 9.57. The van der Waals surface area contributed by atoms with Crippen molar-refractivity contribution in [2.75, 3.05) is 0 Å². The van der Waals surface area contributed by atoms with Gasteiger partial charge in [0.15, 0.2) is 5.41 Å². The summed E-state index contributed by atoms with van der Waals surface area (Å²) in [5.74, 6) is -7.26. The van der Waals surface area contributed by atoms with Crippen molar-refractivity contribution in [1.29, 1.82) is 0 Å². The second kappa shape index (κ2) is 3.40. The molecule has 2 fully saturated rings. The molecule has 2 rings (SSSR count). The average molecular weight is 248 g/mol. The van der Waals surface area contributed by atoms with Gasteiger partial charge in [-0.25, -0.2) is 8.78 Å². The van der Waals surface area contributed by atoms with Gasteiger partial charge < -0.3 is 9.84 Å². The number of alkyl halides is 2. The van der Waals surface area contributed by atoms with E-state index >= 15 is 0 Å². The molecule has 0 amide bonds. The molecule has 96 valence electrons. The maximum atomic E-state index is 13.7. The molecule has 17 heavy (non-hydrogen) atoms. The number of carbonyl (C=O) groups excluding carboxylic acids is 1. The van der Waals surface area contributed by atoms with Crippen LogP contribution in [0.5, 0.6) is 0 Å². The van der Waals surface area contributed by atoms with Crippen molar-refractivity contribution in [1.82, 2.24) is 0 Å². The lowest BCUT2D eigenvalue weighted by atomic mass is 9.62. The maximum Gasteiger partial charge on any atom is 0.324 e. The van der Waals surface area contributed by atoms with Gasteiger partial charge in [-0.15, -0.1) is 0 Å². The van der Waals surface area contributed by atoms with Crippen LogP contribution < -0.4 is 0 Å². The summed E-state index contributed by atoms with van der Waals surface area (Å²) in [5.41, 5.74) is -2.06. The lowest BCUT2D eigenvalue weighted by molar-refractivity contribution is -0.182. The number of aliphatic carboxylic acids is 1. The number of esters is 1. The van der Waals surface area contributed by atoms with Crippen LogP contribution in [0.3, 0.4) is 0 Å². The normalized spacial score (nSPS) is 44.0. The Hall–Kier alpha value is -1.20. The average Bonchev–Trinajstić information content (AvgIpc) is 2.41. The van der Waals surface area contributed by atoms with Gasteiger partial charge >= 0.3 is 11.9 Å². The number of carbonyl (C=O) groups is 2. The molecule has 1 saturated heterocycles. The summed E-state index contributed by atoms with van der Waals surface area (Å²) < 4.78 is 32.2. The van der Waals surface area contributed by atoms with Crippen LogP contribution in [-0.2, 0) is 14.3 Å². The van der Waals surface area contributed by atoms with Gasteiger partial charge in [0.25, 0.3) is 5.92 Å². The van der Waals surface area contributed by atoms with E-state index in [4.69, 9.17) is 4.74 Å². The Bertz CT molecular complexity index is 382. The smallest absolute Gasteiger partial charge is 0.324 e. The van der Waals surface area contributed by atoms with Crippen LogP contribution in [0.25, 0.3) is 0 Å². The quantitative estimate of drug-likeness (QED) is 0.566. The van der Waals surface area contributed by atoms with E-state index in [0.717, 1.165) is 0 Å². The van der Waals surface area contributed by atoms with Gasteiger partial charge in [-0.05, 0) is 13.3 Å². The number of hydrogen-bond acceptors (Lipinski definition) is 3. The molecule has 1 saturated carbocycles. The van der Waals surface area contributed by atoms with Crippen molar-refractivity contribution in [3.8, 4) is 0 Å². The van der Waals surface area contributed by atoms with Crippen LogP contribution in [0.1, 0.15) is 26.7 Å². The first-order valence-electron chi connectivity index (χ1n) is 5.54. The van der Waals surface area contributed by atoms with Crippen LogP contribution >= 0.6 is 0 Å². The Balaban J connectivity index is 2.47. The van der Waals surface area contributed by atoms with Crippen LogP contribution in [0.15, 0.2) is 0 Å². The number of fused-ring (bicyclic) bond motifs is 1. The highest BCUT2D eigenvalue weighted by molar-refractivity contribution is 6.01. The molecule has 6 heteroatoms. The van der Waals surface area contributed by atoms with E-state index in [9.17, 15) is 23.5 Å². The highest BCUT2D eigenvalue weighted by atomic mass is 19.3. The van der Waals surface area contributed by atoms with Crippen molar-refractivity contribution in [3.05, 3.63) is 0 Å². The van der Waals surface area contributed by atoms with Gasteiger partial charge in [-0.2, -0.15) is 0 Å². The summed E-state index contributed by atoms with van der Waals surface area (Å²) in [6, 6.07) is 0. The van der Waals surface area contributed by atoms with Crippen molar-refractivity contribution >= 4 is 11.9 Å². The highest BCUT2D eigenvalue weighted by Crippen LogP contribution is 2.56. The van der Waals surface area contributed by atoms with Gasteiger partial charge in [-0.1, -0.05) is 6.92 Å². The SMILES string of the molecule is CC1OC(=O)C2(C(=O)O)CC(F)(F)C(C)CC12. The summed E-state index contributed by atoms with van der Waals surface area (Å²) in [7, 11) is 0. The standard InChI is InChI=1S/C11H14F2O4/c1-5-3-7-6(2)17-9(16)10(7,8(14)15)4-11(5,12)13/h5-7H,3-4H2,1-2H3,(H,14,15). The predicted molar refractivity (Wildman–Crippen MR) is 52.5 cm³/mol. The minimum absolute atomic E-state index is 0.00773. The van der Waals surface area contributed by atoms with Gasteiger partial charge in [0.1, 0.15) is 6.10 Å². The topological polar surface area (TPSA) is 63.6 Å². The summed E-state index contributed by atoms with van der Waals surface area (Å²) in [5, 5.41) is 9.17. The molecule has 0 spiro atoms. The predicted octanol–water partition coefficient (Wildman–Crippen LogP) is 1.68. The number of rotatable bonds is 1. The number of carboxylic acid groups (broad SMARTS) is 1. The molecule has 0 bridgehead atoms. The molecule has 1 heterocycles. The number of hydrogen-bond donors (Lipinski definition) is 1. The second-order valence-corrected chi connectivity index (χ2v) is 5.07. The van der Waals surface area contributed by atoms with Gasteiger partial charge in [0.05, 0.1) is 0 Å². The van der Waals surface area contributed by atoms with Crippen LogP contribution in [0.4, 0.5) is 8.78 Å². The van der Waals surface area contributed by atoms with Crippen LogP contribution in [-0.4, -0.2) is 29.1 Å². The lowest BCUT2D eigenvalue weighted by Crippen LogP contribution is -2.53. The molecule has 2 aliphatic rings. The third kappa shape index (κ3) is 1.46. The fourth-order valence-corrected chi connectivity index (χ4v) is 2.93. The first-order chi connectivity index (χ1) is 7.71. The maximum absolute atomic E-state index is 13.7. The van der Waals surface area contributed by atoms with Crippen molar-refractivity contribution in [3.63, 3.8) is 0 Å². The lowest BCUT2D eigenvalue weighted by Gasteiger charge is -2.40. The van der Waals surface area contributed by atoms with E-state index < -0.39 is 47.6 Å².